The van der Waals surface area contributed by atoms with E-state index in [1.807, 2.05) is 6.08 Å². The molecule has 0 heterocycles. The number of carbonyl (C=O) groups is 3. The van der Waals surface area contributed by atoms with E-state index in [-0.39, 0.29) is 31.6 Å². The van der Waals surface area contributed by atoms with Crippen molar-refractivity contribution >= 4 is 17.9 Å². The van der Waals surface area contributed by atoms with Crippen molar-refractivity contribution in [2.45, 2.75) is 219 Å². The van der Waals surface area contributed by atoms with Gasteiger partial charge in [-0.2, -0.15) is 0 Å². The Hall–Kier alpha value is -3.67. The highest BCUT2D eigenvalue weighted by atomic mass is 16.6. The highest BCUT2D eigenvalue weighted by Crippen LogP contribution is 2.12. The van der Waals surface area contributed by atoms with Gasteiger partial charge < -0.3 is 14.2 Å². The summed E-state index contributed by atoms with van der Waals surface area (Å²) >= 11 is 0. The van der Waals surface area contributed by atoms with Gasteiger partial charge in [0.05, 0.1) is 6.42 Å². The summed E-state index contributed by atoms with van der Waals surface area (Å²) in [5.41, 5.74) is 0. The summed E-state index contributed by atoms with van der Waals surface area (Å²) in [7, 11) is 0. The van der Waals surface area contributed by atoms with Crippen LogP contribution in [0.2, 0.25) is 0 Å². The van der Waals surface area contributed by atoms with Crippen molar-refractivity contribution in [3.8, 4) is 0 Å². The third kappa shape index (κ3) is 47.2. The van der Waals surface area contributed by atoms with Crippen LogP contribution in [-0.4, -0.2) is 37.2 Å². The third-order valence-corrected chi connectivity index (χ3v) is 10.1. The van der Waals surface area contributed by atoms with Gasteiger partial charge in [0.1, 0.15) is 13.2 Å². The second kappa shape index (κ2) is 49.0. The summed E-state index contributed by atoms with van der Waals surface area (Å²) in [6, 6.07) is 0. The van der Waals surface area contributed by atoms with Gasteiger partial charge in [0.25, 0.3) is 0 Å². The lowest BCUT2D eigenvalue weighted by atomic mass is 10.1. The summed E-state index contributed by atoms with van der Waals surface area (Å²) in [5.74, 6) is -1.08. The second-order valence-electron chi connectivity index (χ2n) is 16.0. The van der Waals surface area contributed by atoms with E-state index in [1.54, 1.807) is 6.08 Å². The molecule has 0 bridgehead atoms. The zero-order valence-corrected chi connectivity index (χ0v) is 39.4. The number of hydrogen-bond donors (Lipinski definition) is 0. The summed E-state index contributed by atoms with van der Waals surface area (Å²) in [4.78, 5) is 37.7. The van der Waals surface area contributed by atoms with E-state index in [0.29, 0.717) is 12.8 Å². The topological polar surface area (TPSA) is 78.9 Å². The quantitative estimate of drug-likeness (QED) is 0.0263. The monoisotopic (exact) mass is 847 g/mol. The zero-order chi connectivity index (χ0) is 44.4. The van der Waals surface area contributed by atoms with Crippen LogP contribution < -0.4 is 0 Å². The van der Waals surface area contributed by atoms with Crippen molar-refractivity contribution in [1.82, 2.24) is 0 Å². The van der Waals surface area contributed by atoms with Gasteiger partial charge in [-0.1, -0.05) is 208 Å². The minimum absolute atomic E-state index is 0.0923. The molecule has 346 valence electrons. The van der Waals surface area contributed by atoms with Gasteiger partial charge in [0.2, 0.25) is 0 Å². The van der Waals surface area contributed by atoms with Crippen LogP contribution in [-0.2, 0) is 28.6 Å². The molecule has 0 N–H and O–H groups in total. The molecule has 61 heavy (non-hydrogen) atoms. The first kappa shape index (κ1) is 57.3. The minimum Gasteiger partial charge on any atom is -0.462 e. The molecule has 0 rings (SSSR count). The molecule has 0 aliphatic carbocycles. The summed E-state index contributed by atoms with van der Waals surface area (Å²) in [6.07, 6.45) is 64.3. The van der Waals surface area contributed by atoms with Crippen molar-refractivity contribution in [2.24, 2.45) is 0 Å². The van der Waals surface area contributed by atoms with Crippen LogP contribution in [0.25, 0.3) is 0 Å². The highest BCUT2D eigenvalue weighted by molar-refractivity contribution is 5.72. The Morgan fingerprint density at radius 1 is 0.361 bits per heavy atom. The fourth-order valence-electron chi connectivity index (χ4n) is 6.41. The van der Waals surface area contributed by atoms with Gasteiger partial charge in [0, 0.05) is 12.8 Å². The van der Waals surface area contributed by atoms with E-state index in [2.05, 4.69) is 106 Å². The van der Waals surface area contributed by atoms with Crippen molar-refractivity contribution in [1.29, 1.82) is 0 Å². The van der Waals surface area contributed by atoms with Crippen LogP contribution in [0.15, 0.2) is 97.2 Å². The number of rotatable bonds is 43. The van der Waals surface area contributed by atoms with Crippen LogP contribution in [0.1, 0.15) is 213 Å². The molecule has 0 aromatic heterocycles. The number of ether oxygens (including phenoxy) is 3. The van der Waals surface area contributed by atoms with Gasteiger partial charge in [-0.25, -0.2) is 0 Å². The Morgan fingerprint density at radius 3 is 1.08 bits per heavy atom. The molecule has 0 aliphatic heterocycles. The van der Waals surface area contributed by atoms with E-state index >= 15 is 0 Å². The maximum atomic E-state index is 12.7. The smallest absolute Gasteiger partial charge is 0.310 e. The molecule has 0 fully saturated rings. The standard InChI is InChI=1S/C55H90O6/c1-4-7-10-13-16-18-20-22-24-25-26-27-28-29-31-32-34-36-39-42-45-48-54(57)60-51-52(50-59-53(56)47-44-41-38-15-12-9-6-3)61-55(58)49-46-43-40-37-35-33-30-23-21-19-17-14-11-8-5-2/h8,11,17,19-20,22-23,25-26,28-30,35,37,43,46,52H,4-7,9-10,12-16,18,21,24,27,31-34,36,38-42,44-45,47-51H2,1-3H3/b11-8-,19-17-,22-20-,26-25-,29-28-,30-23-,37-35-,46-43-. The lowest BCUT2D eigenvalue weighted by Crippen LogP contribution is -2.30. The van der Waals surface area contributed by atoms with Gasteiger partial charge in [-0.15, -0.1) is 0 Å². The Bertz CT molecular complexity index is 1250. The maximum Gasteiger partial charge on any atom is 0.310 e. The SMILES string of the molecule is CC/C=C\C/C=C\C/C=C\C/C=C\C/C=C\CC(=O)OC(COC(=O)CCCCCCCCC)COC(=O)CCCCCCCC/C=C\C/C=C\C/C=C\CCCCCCC. The number of carbonyl (C=O) groups excluding carboxylic acids is 3. The number of esters is 3. The summed E-state index contributed by atoms with van der Waals surface area (Å²) in [6.45, 7) is 6.35. The van der Waals surface area contributed by atoms with Crippen molar-refractivity contribution in [3.63, 3.8) is 0 Å². The lowest BCUT2D eigenvalue weighted by molar-refractivity contribution is -0.166. The third-order valence-electron chi connectivity index (χ3n) is 10.1. The molecule has 0 spiro atoms. The highest BCUT2D eigenvalue weighted by Gasteiger charge is 2.19. The summed E-state index contributed by atoms with van der Waals surface area (Å²) < 4.78 is 16.6. The van der Waals surface area contributed by atoms with Gasteiger partial charge in [0.15, 0.2) is 6.10 Å². The Morgan fingerprint density at radius 2 is 0.689 bits per heavy atom. The second-order valence-corrected chi connectivity index (χ2v) is 16.0. The predicted molar refractivity (Wildman–Crippen MR) is 260 cm³/mol. The first-order valence-corrected chi connectivity index (χ1v) is 24.7. The van der Waals surface area contributed by atoms with E-state index in [0.717, 1.165) is 96.3 Å². The largest absolute Gasteiger partial charge is 0.462 e. The first-order chi connectivity index (χ1) is 30.0. The molecule has 1 unspecified atom stereocenters. The van der Waals surface area contributed by atoms with Crippen molar-refractivity contribution < 1.29 is 28.6 Å². The fourth-order valence-corrected chi connectivity index (χ4v) is 6.41. The van der Waals surface area contributed by atoms with Gasteiger partial charge in [-0.3, -0.25) is 14.4 Å². The molecular formula is C55H90O6. The van der Waals surface area contributed by atoms with E-state index in [4.69, 9.17) is 14.2 Å². The van der Waals surface area contributed by atoms with E-state index < -0.39 is 12.1 Å². The lowest BCUT2D eigenvalue weighted by Gasteiger charge is -2.18. The first-order valence-electron chi connectivity index (χ1n) is 24.7. The van der Waals surface area contributed by atoms with E-state index in [1.165, 1.54) is 77.0 Å². The normalized spacial score (nSPS) is 12.9. The maximum absolute atomic E-state index is 12.7. The predicted octanol–water partition coefficient (Wildman–Crippen LogP) is 16.2. The van der Waals surface area contributed by atoms with Crippen LogP contribution >= 0.6 is 0 Å². The minimum atomic E-state index is -0.834. The molecule has 6 nitrogen and oxygen atoms in total. The molecule has 0 aliphatic rings. The molecule has 0 aromatic carbocycles. The molecule has 1 atom stereocenters. The molecule has 6 heteroatoms. The molecule has 0 radical (unpaired) electrons. The number of unbranched alkanes of at least 4 members (excludes halogenated alkanes) is 17. The average molecular weight is 847 g/mol. The van der Waals surface area contributed by atoms with Gasteiger partial charge >= 0.3 is 17.9 Å². The van der Waals surface area contributed by atoms with Gasteiger partial charge in [-0.05, 0) is 83.5 Å². The van der Waals surface area contributed by atoms with Crippen LogP contribution in [0.3, 0.4) is 0 Å². The average Bonchev–Trinajstić information content (AvgIpc) is 3.26. The van der Waals surface area contributed by atoms with Crippen LogP contribution in [0.4, 0.5) is 0 Å². The number of allylic oxidation sites excluding steroid dienone is 15. The van der Waals surface area contributed by atoms with Crippen LogP contribution in [0.5, 0.6) is 0 Å². The Balaban J connectivity index is 4.40. The molecule has 0 saturated heterocycles. The van der Waals surface area contributed by atoms with Crippen LogP contribution in [0, 0.1) is 0 Å². The Kier molecular flexibility index (Phi) is 46.0. The fraction of sp³-hybridized carbons (Fsp3) is 0.655. The molecule has 0 aromatic rings. The number of hydrogen-bond acceptors (Lipinski definition) is 6. The zero-order valence-electron chi connectivity index (χ0n) is 39.4. The molecule has 0 saturated carbocycles. The summed E-state index contributed by atoms with van der Waals surface area (Å²) in [5, 5.41) is 0. The van der Waals surface area contributed by atoms with E-state index in [9.17, 15) is 14.4 Å². The van der Waals surface area contributed by atoms with Crippen molar-refractivity contribution in [3.05, 3.63) is 97.2 Å². The molecule has 0 amide bonds. The molecular weight excluding hydrogens is 757 g/mol. The Labute approximate surface area is 375 Å². The van der Waals surface area contributed by atoms with Crippen molar-refractivity contribution in [2.75, 3.05) is 13.2 Å².